The van der Waals surface area contributed by atoms with E-state index in [1.807, 2.05) is 0 Å². The molecule has 6 nitrogen and oxygen atoms in total. The molecule has 0 heterocycles. The number of carbonyl (C=O) groups excluding carboxylic acids is 2. The van der Waals surface area contributed by atoms with E-state index < -0.39 is 0 Å². The first kappa shape index (κ1) is 20.4. The number of aryl methyl sites for hydroxylation is 2. The van der Waals surface area contributed by atoms with Crippen LogP contribution in [-0.2, 0) is 9.59 Å². The lowest BCUT2D eigenvalue weighted by Gasteiger charge is -1.90. The highest BCUT2D eigenvalue weighted by molar-refractivity contribution is 5.45. The van der Waals surface area contributed by atoms with Crippen molar-refractivity contribution in [1.29, 1.82) is 0 Å². The van der Waals surface area contributed by atoms with Gasteiger partial charge in [0.15, 0.2) is 0 Å². The molecule has 0 aliphatic carbocycles. The molecular formula is C14H24N2O4. The summed E-state index contributed by atoms with van der Waals surface area (Å²) in [6.45, 7) is 4.93. The Labute approximate surface area is 119 Å². The number of rotatable bonds is 6. The third-order valence-electron chi connectivity index (χ3n) is 1.85. The molecule has 1 aromatic rings. The van der Waals surface area contributed by atoms with Crippen LogP contribution in [0.5, 0.6) is 0 Å². The Morgan fingerprint density at radius 2 is 1.35 bits per heavy atom. The highest BCUT2D eigenvalue weighted by Crippen LogP contribution is 2.00. The molecule has 4 N–H and O–H groups in total. The van der Waals surface area contributed by atoms with Crippen LogP contribution in [0.1, 0.15) is 11.1 Å². The fourth-order valence-electron chi connectivity index (χ4n) is 1.05. The SMILES string of the molecule is Cc1cccc(C)c1.O=CNCCO.O=CNCCO. The molecule has 0 bridgehead atoms. The molecule has 0 aromatic heterocycles. The van der Waals surface area contributed by atoms with Gasteiger partial charge < -0.3 is 20.8 Å². The predicted molar refractivity (Wildman–Crippen MR) is 78.2 cm³/mol. The Bertz CT molecular complexity index is 316. The van der Waals surface area contributed by atoms with Gasteiger partial charge in [-0.05, 0) is 13.8 Å². The molecule has 0 fully saturated rings. The summed E-state index contributed by atoms with van der Waals surface area (Å²) in [4.78, 5) is 18.7. The van der Waals surface area contributed by atoms with Crippen molar-refractivity contribution in [3.8, 4) is 0 Å². The van der Waals surface area contributed by atoms with E-state index in [0.717, 1.165) is 0 Å². The topological polar surface area (TPSA) is 98.7 Å². The zero-order chi connectivity index (χ0) is 15.6. The molecule has 20 heavy (non-hydrogen) atoms. The standard InChI is InChI=1S/C8H10.2C3H7NO2/c1-7-4-3-5-8(2)6-7;2*5-2-1-4-3-6/h3-6H,1-2H3;2*3,5H,1-2H2,(H,4,6). The minimum atomic E-state index is 0.0126. The maximum atomic E-state index is 9.34. The van der Waals surface area contributed by atoms with Crippen LogP contribution in [0.2, 0.25) is 0 Å². The highest BCUT2D eigenvalue weighted by atomic mass is 16.3. The van der Waals surface area contributed by atoms with E-state index in [1.165, 1.54) is 11.1 Å². The first-order valence-electron chi connectivity index (χ1n) is 6.21. The number of aliphatic hydroxyl groups is 2. The minimum absolute atomic E-state index is 0.0126. The van der Waals surface area contributed by atoms with Gasteiger partial charge in [-0.15, -0.1) is 0 Å². The monoisotopic (exact) mass is 284 g/mol. The van der Waals surface area contributed by atoms with E-state index in [1.54, 1.807) is 0 Å². The summed E-state index contributed by atoms with van der Waals surface area (Å²) in [6.07, 6.45) is 1.10. The van der Waals surface area contributed by atoms with Crippen LogP contribution in [0.25, 0.3) is 0 Å². The number of nitrogens with one attached hydrogen (secondary N) is 2. The lowest BCUT2D eigenvalue weighted by molar-refractivity contribution is -0.110. The Hall–Kier alpha value is -1.92. The van der Waals surface area contributed by atoms with E-state index in [0.29, 0.717) is 25.9 Å². The van der Waals surface area contributed by atoms with E-state index in [-0.39, 0.29) is 13.2 Å². The van der Waals surface area contributed by atoms with Crippen LogP contribution in [0.4, 0.5) is 0 Å². The van der Waals surface area contributed by atoms with Gasteiger partial charge in [-0.25, -0.2) is 0 Å². The van der Waals surface area contributed by atoms with Crippen LogP contribution in [-0.4, -0.2) is 49.3 Å². The summed E-state index contributed by atoms with van der Waals surface area (Å²) in [5, 5.41) is 20.5. The van der Waals surface area contributed by atoms with Crippen molar-refractivity contribution in [3.05, 3.63) is 35.4 Å². The van der Waals surface area contributed by atoms with Gasteiger partial charge in [0.05, 0.1) is 13.2 Å². The average Bonchev–Trinajstić information content (AvgIpc) is 2.44. The van der Waals surface area contributed by atoms with Crippen molar-refractivity contribution in [2.45, 2.75) is 13.8 Å². The van der Waals surface area contributed by atoms with Crippen molar-refractivity contribution < 1.29 is 19.8 Å². The number of benzene rings is 1. The number of hydrogen-bond donors (Lipinski definition) is 4. The molecule has 0 atom stereocenters. The number of carbonyl (C=O) groups is 2. The molecule has 0 saturated carbocycles. The smallest absolute Gasteiger partial charge is 0.207 e. The molecule has 0 unspecified atom stereocenters. The van der Waals surface area contributed by atoms with Gasteiger partial charge in [-0.3, -0.25) is 9.59 Å². The quantitative estimate of drug-likeness (QED) is 0.428. The molecule has 1 aromatic carbocycles. The molecule has 0 saturated heterocycles. The Balaban J connectivity index is 0. The van der Waals surface area contributed by atoms with Crippen LogP contribution in [0.15, 0.2) is 24.3 Å². The molecule has 114 valence electrons. The fraction of sp³-hybridized carbons (Fsp3) is 0.429. The van der Waals surface area contributed by atoms with E-state index in [2.05, 4.69) is 48.7 Å². The van der Waals surface area contributed by atoms with Gasteiger partial charge in [-0.1, -0.05) is 35.4 Å². The highest BCUT2D eigenvalue weighted by Gasteiger charge is 1.80. The molecule has 0 aliphatic rings. The summed E-state index contributed by atoms with van der Waals surface area (Å²) in [5.41, 5.74) is 2.68. The summed E-state index contributed by atoms with van der Waals surface area (Å²) in [7, 11) is 0. The zero-order valence-electron chi connectivity index (χ0n) is 12.0. The van der Waals surface area contributed by atoms with Crippen LogP contribution in [0, 0.1) is 13.8 Å². The second kappa shape index (κ2) is 17.1. The second-order valence-electron chi connectivity index (χ2n) is 3.75. The van der Waals surface area contributed by atoms with Crippen LogP contribution < -0.4 is 10.6 Å². The largest absolute Gasteiger partial charge is 0.395 e. The van der Waals surface area contributed by atoms with Gasteiger partial charge in [0.1, 0.15) is 0 Å². The van der Waals surface area contributed by atoms with Gasteiger partial charge in [-0.2, -0.15) is 0 Å². The van der Waals surface area contributed by atoms with E-state index in [9.17, 15) is 9.59 Å². The van der Waals surface area contributed by atoms with Crippen molar-refractivity contribution in [2.24, 2.45) is 0 Å². The van der Waals surface area contributed by atoms with Crippen LogP contribution in [0.3, 0.4) is 0 Å². The molecule has 6 heteroatoms. The normalized spacial score (nSPS) is 8.20. The molecule has 1 rings (SSSR count). The Morgan fingerprint density at radius 1 is 0.950 bits per heavy atom. The third-order valence-corrected chi connectivity index (χ3v) is 1.85. The zero-order valence-corrected chi connectivity index (χ0v) is 12.0. The maximum absolute atomic E-state index is 9.34. The van der Waals surface area contributed by atoms with Gasteiger partial charge in [0.25, 0.3) is 0 Å². The summed E-state index contributed by atoms with van der Waals surface area (Å²) in [6, 6.07) is 8.45. The van der Waals surface area contributed by atoms with Crippen LogP contribution >= 0.6 is 0 Å². The minimum Gasteiger partial charge on any atom is -0.395 e. The number of hydrogen-bond acceptors (Lipinski definition) is 4. The molecule has 2 amide bonds. The van der Waals surface area contributed by atoms with Gasteiger partial charge in [0, 0.05) is 13.1 Å². The second-order valence-corrected chi connectivity index (χ2v) is 3.75. The van der Waals surface area contributed by atoms with Crippen molar-refractivity contribution in [3.63, 3.8) is 0 Å². The summed E-state index contributed by atoms with van der Waals surface area (Å²) in [5.74, 6) is 0. The Kier molecular flexibility index (Phi) is 17.4. The van der Waals surface area contributed by atoms with E-state index in [4.69, 9.17) is 10.2 Å². The average molecular weight is 284 g/mol. The molecular weight excluding hydrogens is 260 g/mol. The molecule has 0 radical (unpaired) electrons. The lowest BCUT2D eigenvalue weighted by atomic mass is 10.2. The van der Waals surface area contributed by atoms with Gasteiger partial charge >= 0.3 is 0 Å². The number of aliphatic hydroxyl groups excluding tert-OH is 2. The van der Waals surface area contributed by atoms with Crippen molar-refractivity contribution >= 4 is 12.8 Å². The maximum Gasteiger partial charge on any atom is 0.207 e. The lowest BCUT2D eigenvalue weighted by Crippen LogP contribution is -2.14. The van der Waals surface area contributed by atoms with E-state index >= 15 is 0 Å². The predicted octanol–water partition coefficient (Wildman–Crippen LogP) is -0.247. The van der Waals surface area contributed by atoms with Crippen molar-refractivity contribution in [1.82, 2.24) is 10.6 Å². The van der Waals surface area contributed by atoms with Crippen molar-refractivity contribution in [2.75, 3.05) is 26.3 Å². The first-order valence-corrected chi connectivity index (χ1v) is 6.21. The summed E-state index contributed by atoms with van der Waals surface area (Å²) >= 11 is 0. The molecule has 0 aliphatic heterocycles. The van der Waals surface area contributed by atoms with Gasteiger partial charge in [0.2, 0.25) is 12.8 Å². The Morgan fingerprint density at radius 3 is 1.50 bits per heavy atom. The fourth-order valence-corrected chi connectivity index (χ4v) is 1.05. The molecule has 0 spiro atoms. The summed E-state index contributed by atoms with van der Waals surface area (Å²) < 4.78 is 0. The first-order chi connectivity index (χ1) is 9.62. The number of amides is 2. The third kappa shape index (κ3) is 18.4.